The summed E-state index contributed by atoms with van der Waals surface area (Å²) in [7, 11) is 0. The van der Waals surface area contributed by atoms with Gasteiger partial charge in [-0.2, -0.15) is 0 Å². The molecule has 0 saturated carbocycles. The second-order valence-corrected chi connectivity index (χ2v) is 7.74. The Bertz CT molecular complexity index is 631. The van der Waals surface area contributed by atoms with Crippen LogP contribution in [0.15, 0.2) is 18.5 Å². The summed E-state index contributed by atoms with van der Waals surface area (Å²) < 4.78 is 3.41. The summed E-state index contributed by atoms with van der Waals surface area (Å²) in [6.45, 7) is 12.4. The summed E-state index contributed by atoms with van der Waals surface area (Å²) in [6.07, 6.45) is 4.29. The molecule has 5 heteroatoms. The molecule has 0 aliphatic carbocycles. The van der Waals surface area contributed by atoms with E-state index in [-0.39, 0.29) is 5.91 Å². The minimum Gasteiger partial charge on any atom is -0.350 e. The molecular formula is C17H25N3OS. The quantitative estimate of drug-likeness (QED) is 0.867. The van der Waals surface area contributed by atoms with Gasteiger partial charge in [-0.1, -0.05) is 0 Å². The summed E-state index contributed by atoms with van der Waals surface area (Å²) >= 11 is 1.62. The molecule has 0 bridgehead atoms. The van der Waals surface area contributed by atoms with Crippen LogP contribution in [0.1, 0.15) is 43.4 Å². The van der Waals surface area contributed by atoms with Gasteiger partial charge >= 0.3 is 0 Å². The predicted molar refractivity (Wildman–Crippen MR) is 92.8 cm³/mol. The lowest BCUT2D eigenvalue weighted by atomic mass is 10.2. The van der Waals surface area contributed by atoms with Crippen LogP contribution in [0.25, 0.3) is 10.1 Å². The average Bonchev–Trinajstić information content (AvgIpc) is 3.05. The van der Waals surface area contributed by atoms with E-state index >= 15 is 0 Å². The molecule has 1 saturated heterocycles. The molecule has 0 unspecified atom stereocenters. The van der Waals surface area contributed by atoms with Crippen molar-refractivity contribution in [3.8, 4) is 0 Å². The van der Waals surface area contributed by atoms with Gasteiger partial charge in [0, 0.05) is 56.0 Å². The van der Waals surface area contributed by atoms with Crippen molar-refractivity contribution >= 4 is 27.3 Å². The zero-order valence-electron chi connectivity index (χ0n) is 13.9. The van der Waals surface area contributed by atoms with E-state index in [0.29, 0.717) is 12.1 Å². The molecule has 3 rings (SSSR count). The molecule has 0 atom stereocenters. The number of hydrogen-bond acceptors (Lipinski definition) is 3. The number of aromatic nitrogens is 1. The molecule has 1 fully saturated rings. The lowest BCUT2D eigenvalue weighted by Crippen LogP contribution is -2.50. The van der Waals surface area contributed by atoms with E-state index in [2.05, 4.69) is 55.6 Å². The summed E-state index contributed by atoms with van der Waals surface area (Å²) in [5.74, 6) is 0.195. The average molecular weight is 319 g/mol. The zero-order chi connectivity index (χ0) is 15.9. The minimum absolute atomic E-state index is 0.195. The standard InChI is InChI=1S/C17H25N3OS/c1-12(2)18-5-7-19(8-6-18)17(21)15-9-14-10-20(13(3)4)11-16(14)22-15/h9-13H,5-8H2,1-4H3. The molecule has 1 aliphatic heterocycles. The molecule has 22 heavy (non-hydrogen) atoms. The van der Waals surface area contributed by atoms with Crippen molar-refractivity contribution in [2.75, 3.05) is 26.2 Å². The Labute approximate surface area is 136 Å². The van der Waals surface area contributed by atoms with Crippen LogP contribution in [-0.4, -0.2) is 52.5 Å². The molecule has 0 N–H and O–H groups in total. The first-order valence-electron chi connectivity index (χ1n) is 8.10. The maximum atomic E-state index is 12.7. The van der Waals surface area contributed by atoms with Crippen LogP contribution in [0.3, 0.4) is 0 Å². The number of fused-ring (bicyclic) bond motifs is 1. The summed E-state index contributed by atoms with van der Waals surface area (Å²) in [4.78, 5) is 18.0. The lowest BCUT2D eigenvalue weighted by molar-refractivity contribution is 0.0600. The van der Waals surface area contributed by atoms with Gasteiger partial charge in [0.1, 0.15) is 0 Å². The van der Waals surface area contributed by atoms with E-state index in [1.165, 1.54) is 10.1 Å². The normalized spacial score (nSPS) is 17.1. The Kier molecular flexibility index (Phi) is 4.28. The molecule has 1 amide bonds. The number of rotatable bonds is 3. The van der Waals surface area contributed by atoms with Crippen LogP contribution in [-0.2, 0) is 0 Å². The van der Waals surface area contributed by atoms with E-state index in [4.69, 9.17) is 0 Å². The summed E-state index contributed by atoms with van der Waals surface area (Å²) in [6, 6.07) is 3.08. The Hall–Kier alpha value is -1.33. The molecule has 4 nitrogen and oxygen atoms in total. The van der Waals surface area contributed by atoms with E-state index in [1.54, 1.807) is 11.3 Å². The number of nitrogens with zero attached hydrogens (tertiary/aromatic N) is 3. The SMILES string of the molecule is CC(C)N1CCN(C(=O)c2cc3cn(C(C)C)cc3s2)CC1. The van der Waals surface area contributed by atoms with Gasteiger partial charge in [0.25, 0.3) is 5.91 Å². The third-order valence-corrected chi connectivity index (χ3v) is 5.56. The van der Waals surface area contributed by atoms with Gasteiger partial charge in [-0.05, 0) is 33.8 Å². The minimum atomic E-state index is 0.195. The molecule has 120 valence electrons. The highest BCUT2D eigenvalue weighted by Gasteiger charge is 2.24. The number of hydrogen-bond donors (Lipinski definition) is 0. The number of thiophene rings is 1. The highest BCUT2D eigenvalue weighted by molar-refractivity contribution is 7.20. The van der Waals surface area contributed by atoms with Crippen molar-refractivity contribution in [2.45, 2.75) is 39.8 Å². The highest BCUT2D eigenvalue weighted by atomic mass is 32.1. The molecule has 1 aliphatic rings. The van der Waals surface area contributed by atoms with Crippen molar-refractivity contribution in [3.63, 3.8) is 0 Å². The van der Waals surface area contributed by atoms with Crippen molar-refractivity contribution in [1.82, 2.24) is 14.4 Å². The van der Waals surface area contributed by atoms with Gasteiger partial charge in [-0.3, -0.25) is 9.69 Å². The topological polar surface area (TPSA) is 28.5 Å². The molecular weight excluding hydrogens is 294 g/mol. The first kappa shape index (κ1) is 15.6. The second kappa shape index (κ2) is 6.05. The predicted octanol–water partition coefficient (Wildman–Crippen LogP) is 3.45. The Balaban J connectivity index is 1.71. The Morgan fingerprint density at radius 1 is 1.05 bits per heavy atom. The fourth-order valence-electron chi connectivity index (χ4n) is 2.96. The summed E-state index contributed by atoms with van der Waals surface area (Å²) in [5.41, 5.74) is 0. The molecule has 2 aromatic rings. The van der Waals surface area contributed by atoms with Gasteiger partial charge in [0.15, 0.2) is 0 Å². The number of amides is 1. The highest BCUT2D eigenvalue weighted by Crippen LogP contribution is 2.29. The fourth-order valence-corrected chi connectivity index (χ4v) is 4.00. The lowest BCUT2D eigenvalue weighted by Gasteiger charge is -2.36. The summed E-state index contributed by atoms with van der Waals surface area (Å²) in [5, 5.41) is 1.18. The van der Waals surface area contributed by atoms with Crippen LogP contribution < -0.4 is 0 Å². The molecule has 0 radical (unpaired) electrons. The monoisotopic (exact) mass is 319 g/mol. The largest absolute Gasteiger partial charge is 0.350 e. The molecule has 0 aromatic carbocycles. The Morgan fingerprint density at radius 3 is 2.27 bits per heavy atom. The molecule has 2 aromatic heterocycles. The number of piperazine rings is 1. The zero-order valence-corrected chi connectivity index (χ0v) is 14.7. The van der Waals surface area contributed by atoms with Gasteiger partial charge in [0.05, 0.1) is 9.58 Å². The fraction of sp³-hybridized carbons (Fsp3) is 0.588. The van der Waals surface area contributed by atoms with E-state index in [0.717, 1.165) is 31.1 Å². The number of carbonyl (C=O) groups is 1. The molecule has 0 spiro atoms. The van der Waals surface area contributed by atoms with Gasteiger partial charge in [0.2, 0.25) is 0 Å². The van der Waals surface area contributed by atoms with Crippen LogP contribution >= 0.6 is 11.3 Å². The third kappa shape index (κ3) is 2.92. The van der Waals surface area contributed by atoms with E-state index in [1.807, 2.05) is 4.90 Å². The van der Waals surface area contributed by atoms with Crippen LogP contribution in [0.5, 0.6) is 0 Å². The maximum Gasteiger partial charge on any atom is 0.264 e. The van der Waals surface area contributed by atoms with Crippen molar-refractivity contribution in [3.05, 3.63) is 23.3 Å². The molecule has 3 heterocycles. The van der Waals surface area contributed by atoms with Crippen LogP contribution in [0, 0.1) is 0 Å². The van der Waals surface area contributed by atoms with Crippen LogP contribution in [0.4, 0.5) is 0 Å². The van der Waals surface area contributed by atoms with Gasteiger partial charge in [-0.15, -0.1) is 11.3 Å². The van der Waals surface area contributed by atoms with Crippen molar-refractivity contribution in [1.29, 1.82) is 0 Å². The smallest absolute Gasteiger partial charge is 0.264 e. The van der Waals surface area contributed by atoms with Crippen molar-refractivity contribution < 1.29 is 4.79 Å². The van der Waals surface area contributed by atoms with E-state index in [9.17, 15) is 4.79 Å². The van der Waals surface area contributed by atoms with Crippen LogP contribution in [0.2, 0.25) is 0 Å². The van der Waals surface area contributed by atoms with Gasteiger partial charge < -0.3 is 9.47 Å². The first-order valence-corrected chi connectivity index (χ1v) is 8.91. The van der Waals surface area contributed by atoms with Crippen molar-refractivity contribution in [2.24, 2.45) is 0 Å². The number of carbonyl (C=O) groups excluding carboxylic acids is 1. The maximum absolute atomic E-state index is 12.7. The Morgan fingerprint density at radius 2 is 1.73 bits per heavy atom. The van der Waals surface area contributed by atoms with E-state index < -0.39 is 0 Å². The van der Waals surface area contributed by atoms with Gasteiger partial charge in [-0.25, -0.2) is 0 Å². The second-order valence-electron chi connectivity index (χ2n) is 6.65. The third-order valence-electron chi connectivity index (χ3n) is 4.48. The first-order chi connectivity index (χ1) is 10.5.